The Labute approximate surface area is 142 Å². The largest absolute Gasteiger partial charge is 0.378 e. The number of sulfone groups is 1. The lowest BCUT2D eigenvalue weighted by Crippen LogP contribution is -2.44. The second-order valence-corrected chi connectivity index (χ2v) is 8.42. The highest BCUT2D eigenvalue weighted by molar-refractivity contribution is 7.91. The molecule has 1 atom stereocenters. The van der Waals surface area contributed by atoms with Gasteiger partial charge in [-0.25, -0.2) is 8.42 Å². The van der Waals surface area contributed by atoms with Crippen molar-refractivity contribution in [2.24, 2.45) is 0 Å². The highest BCUT2D eigenvalue weighted by atomic mass is 32.2. The molecule has 1 N–H and O–H groups in total. The van der Waals surface area contributed by atoms with E-state index in [0.29, 0.717) is 12.1 Å². The molecule has 1 saturated heterocycles. The number of amides is 2. The van der Waals surface area contributed by atoms with Gasteiger partial charge in [0.15, 0.2) is 9.84 Å². The maximum Gasteiger partial charge on any atom is 0.244 e. The molecule has 1 aromatic rings. The van der Waals surface area contributed by atoms with Crippen molar-refractivity contribution in [3.63, 3.8) is 0 Å². The molecular formula is C16H23N3O4S. The first-order valence-corrected chi connectivity index (χ1v) is 9.55. The molecule has 1 aliphatic heterocycles. The first kappa shape index (κ1) is 18.3. The molecule has 0 aliphatic carbocycles. The van der Waals surface area contributed by atoms with Gasteiger partial charge >= 0.3 is 0 Å². The molecular weight excluding hydrogens is 330 g/mol. The van der Waals surface area contributed by atoms with Crippen molar-refractivity contribution in [3.8, 4) is 0 Å². The Hall–Kier alpha value is -2.09. The zero-order valence-electron chi connectivity index (χ0n) is 14.2. The van der Waals surface area contributed by atoms with Crippen molar-refractivity contribution >= 4 is 33.0 Å². The fourth-order valence-corrected chi connectivity index (χ4v) is 4.45. The van der Waals surface area contributed by atoms with Gasteiger partial charge in [-0.3, -0.25) is 9.59 Å². The minimum Gasteiger partial charge on any atom is -0.378 e. The maximum atomic E-state index is 12.2. The molecule has 0 radical (unpaired) electrons. The number of hydrogen-bond donors (Lipinski definition) is 1. The number of nitrogens with one attached hydrogen (secondary N) is 1. The highest BCUT2D eigenvalue weighted by Gasteiger charge is 2.34. The minimum absolute atomic E-state index is 0.0645. The van der Waals surface area contributed by atoms with E-state index in [9.17, 15) is 18.0 Å². The number of carbonyl (C=O) groups excluding carboxylic acids is 2. The molecule has 8 heteroatoms. The predicted molar refractivity (Wildman–Crippen MR) is 93.8 cm³/mol. The van der Waals surface area contributed by atoms with E-state index in [4.69, 9.17) is 0 Å². The van der Waals surface area contributed by atoms with E-state index in [1.54, 1.807) is 12.1 Å². The molecule has 2 amide bonds. The predicted octanol–water partition coefficient (Wildman–Crippen LogP) is 0.727. The van der Waals surface area contributed by atoms with Crippen molar-refractivity contribution in [1.29, 1.82) is 0 Å². The summed E-state index contributed by atoms with van der Waals surface area (Å²) >= 11 is 0. The monoisotopic (exact) mass is 353 g/mol. The van der Waals surface area contributed by atoms with Crippen LogP contribution in [0.25, 0.3) is 0 Å². The molecule has 0 bridgehead atoms. The van der Waals surface area contributed by atoms with Crippen LogP contribution in [-0.4, -0.2) is 63.3 Å². The third-order valence-electron chi connectivity index (χ3n) is 4.04. The fourth-order valence-electron chi connectivity index (χ4n) is 2.72. The van der Waals surface area contributed by atoms with Crippen molar-refractivity contribution in [1.82, 2.24) is 4.90 Å². The van der Waals surface area contributed by atoms with Gasteiger partial charge in [0, 0.05) is 38.4 Å². The first-order chi connectivity index (χ1) is 11.2. The van der Waals surface area contributed by atoms with E-state index in [1.807, 2.05) is 31.1 Å². The number of nitrogens with zero attached hydrogens (tertiary/aromatic N) is 2. The highest BCUT2D eigenvalue weighted by Crippen LogP contribution is 2.19. The molecule has 24 heavy (non-hydrogen) atoms. The zero-order valence-corrected chi connectivity index (χ0v) is 15.0. The van der Waals surface area contributed by atoms with Crippen molar-refractivity contribution in [3.05, 3.63) is 24.3 Å². The maximum absolute atomic E-state index is 12.2. The summed E-state index contributed by atoms with van der Waals surface area (Å²) in [5.74, 6) is -0.644. The Morgan fingerprint density at radius 3 is 2.29 bits per heavy atom. The summed E-state index contributed by atoms with van der Waals surface area (Å²) in [6.07, 6.45) is 0.382. The van der Waals surface area contributed by atoms with Gasteiger partial charge in [-0.05, 0) is 30.7 Å². The standard InChI is InChI=1S/C16H23N3O4S/c1-12(20)19(15-8-9-24(22,23)11-15)10-16(21)17-13-4-6-14(7-5-13)18(2)3/h4-7,15H,8-11H2,1-3H3,(H,17,21). The fraction of sp³-hybridized carbons (Fsp3) is 0.500. The molecule has 2 rings (SSSR count). The van der Waals surface area contributed by atoms with E-state index in [1.165, 1.54) is 11.8 Å². The Balaban J connectivity index is 1.99. The number of hydrogen-bond acceptors (Lipinski definition) is 5. The number of benzene rings is 1. The van der Waals surface area contributed by atoms with Gasteiger partial charge in [0.25, 0.3) is 0 Å². The van der Waals surface area contributed by atoms with Crippen LogP contribution in [0.5, 0.6) is 0 Å². The van der Waals surface area contributed by atoms with Crippen LogP contribution in [0, 0.1) is 0 Å². The van der Waals surface area contributed by atoms with Gasteiger partial charge < -0.3 is 15.1 Å². The molecule has 1 unspecified atom stereocenters. The number of rotatable bonds is 5. The van der Waals surface area contributed by atoms with Crippen molar-refractivity contribution in [2.45, 2.75) is 19.4 Å². The summed E-state index contributed by atoms with van der Waals surface area (Å²) in [6.45, 7) is 1.20. The van der Waals surface area contributed by atoms with Crippen LogP contribution < -0.4 is 10.2 Å². The smallest absolute Gasteiger partial charge is 0.244 e. The Morgan fingerprint density at radius 1 is 1.21 bits per heavy atom. The molecule has 1 aromatic carbocycles. The summed E-state index contributed by atoms with van der Waals surface area (Å²) < 4.78 is 23.2. The summed E-state index contributed by atoms with van der Waals surface area (Å²) in [7, 11) is 0.737. The summed E-state index contributed by atoms with van der Waals surface area (Å²) in [5, 5.41) is 2.74. The first-order valence-electron chi connectivity index (χ1n) is 7.73. The molecule has 1 fully saturated rings. The average molecular weight is 353 g/mol. The lowest BCUT2D eigenvalue weighted by Gasteiger charge is -2.26. The van der Waals surface area contributed by atoms with Gasteiger partial charge in [-0.2, -0.15) is 0 Å². The van der Waals surface area contributed by atoms with Crippen LogP contribution in [0.1, 0.15) is 13.3 Å². The molecule has 1 aliphatic rings. The normalized spacial score (nSPS) is 18.9. The van der Waals surface area contributed by atoms with Gasteiger partial charge in [-0.15, -0.1) is 0 Å². The summed E-state index contributed by atoms with van der Waals surface area (Å²) in [6, 6.07) is 6.90. The Morgan fingerprint density at radius 2 is 1.83 bits per heavy atom. The van der Waals surface area contributed by atoms with Crippen LogP contribution in [-0.2, 0) is 19.4 Å². The molecule has 132 valence electrons. The van der Waals surface area contributed by atoms with Crippen LogP contribution in [0.4, 0.5) is 11.4 Å². The van der Waals surface area contributed by atoms with Gasteiger partial charge in [-0.1, -0.05) is 0 Å². The second kappa shape index (κ2) is 7.21. The molecule has 0 saturated carbocycles. The Bertz CT molecular complexity index is 713. The third-order valence-corrected chi connectivity index (χ3v) is 5.79. The minimum atomic E-state index is -3.11. The van der Waals surface area contributed by atoms with Crippen LogP contribution in [0.2, 0.25) is 0 Å². The van der Waals surface area contributed by atoms with Crippen molar-refractivity contribution in [2.75, 3.05) is 42.4 Å². The summed E-state index contributed by atoms with van der Waals surface area (Å²) in [4.78, 5) is 27.3. The van der Waals surface area contributed by atoms with Crippen LogP contribution in [0.15, 0.2) is 24.3 Å². The van der Waals surface area contributed by atoms with E-state index in [2.05, 4.69) is 5.32 Å². The number of anilines is 2. The van der Waals surface area contributed by atoms with E-state index in [-0.39, 0.29) is 29.9 Å². The molecule has 0 spiro atoms. The lowest BCUT2D eigenvalue weighted by atomic mass is 10.2. The topological polar surface area (TPSA) is 86.8 Å². The Kier molecular flexibility index (Phi) is 5.48. The lowest BCUT2D eigenvalue weighted by molar-refractivity contribution is -0.134. The SMILES string of the molecule is CC(=O)N(CC(=O)Nc1ccc(N(C)C)cc1)C1CCS(=O)(=O)C1. The average Bonchev–Trinajstić information content (AvgIpc) is 2.85. The third kappa shape index (κ3) is 4.70. The summed E-state index contributed by atoms with van der Waals surface area (Å²) in [5.41, 5.74) is 1.64. The van der Waals surface area contributed by atoms with Gasteiger partial charge in [0.05, 0.1) is 11.5 Å². The van der Waals surface area contributed by atoms with E-state index >= 15 is 0 Å². The van der Waals surface area contributed by atoms with E-state index in [0.717, 1.165) is 5.69 Å². The number of carbonyl (C=O) groups is 2. The van der Waals surface area contributed by atoms with Crippen molar-refractivity contribution < 1.29 is 18.0 Å². The van der Waals surface area contributed by atoms with Crippen LogP contribution in [0.3, 0.4) is 0 Å². The zero-order chi connectivity index (χ0) is 17.9. The second-order valence-electron chi connectivity index (χ2n) is 6.19. The van der Waals surface area contributed by atoms with E-state index < -0.39 is 15.9 Å². The molecule has 1 heterocycles. The molecule has 0 aromatic heterocycles. The quantitative estimate of drug-likeness (QED) is 0.843. The molecule has 7 nitrogen and oxygen atoms in total. The van der Waals surface area contributed by atoms with Gasteiger partial charge in [0.2, 0.25) is 11.8 Å². The van der Waals surface area contributed by atoms with Gasteiger partial charge in [0.1, 0.15) is 6.54 Å². The van der Waals surface area contributed by atoms with Crippen LogP contribution >= 0.6 is 0 Å².